The summed E-state index contributed by atoms with van der Waals surface area (Å²) in [7, 11) is 0. The zero-order valence-corrected chi connectivity index (χ0v) is 11.2. The molecule has 98 valence electrons. The summed E-state index contributed by atoms with van der Waals surface area (Å²) < 4.78 is 0. The lowest BCUT2D eigenvalue weighted by molar-refractivity contribution is -0.127. The van der Waals surface area contributed by atoms with E-state index in [4.69, 9.17) is 11.6 Å². The number of hydrogen-bond acceptors (Lipinski definition) is 2. The molecule has 0 saturated carbocycles. The van der Waals surface area contributed by atoms with Gasteiger partial charge in [-0.15, -0.1) is 0 Å². The van der Waals surface area contributed by atoms with Crippen molar-refractivity contribution in [3.05, 3.63) is 34.9 Å². The molecule has 0 spiro atoms. The monoisotopic (exact) mass is 266 g/mol. The van der Waals surface area contributed by atoms with Crippen LogP contribution in [0.25, 0.3) is 0 Å². The summed E-state index contributed by atoms with van der Waals surface area (Å²) >= 11 is 5.92. The van der Waals surface area contributed by atoms with E-state index in [1.807, 2.05) is 23.1 Å². The average Bonchev–Trinajstić information content (AvgIpc) is 2.75. The molecule has 0 radical (unpaired) electrons. The second-order valence-corrected chi connectivity index (χ2v) is 5.08. The van der Waals surface area contributed by atoms with E-state index in [2.05, 4.69) is 11.4 Å². The zero-order valence-electron chi connectivity index (χ0n) is 10.5. The van der Waals surface area contributed by atoms with E-state index in [1.54, 1.807) is 0 Å². The Hall–Kier alpha value is -1.06. The molecular weight excluding hydrogens is 248 g/mol. The Morgan fingerprint density at radius 1 is 1.39 bits per heavy atom. The molecule has 1 N–H and O–H groups in total. The van der Waals surface area contributed by atoms with Gasteiger partial charge in [0.05, 0.1) is 0 Å². The zero-order chi connectivity index (χ0) is 12.8. The molecule has 1 aromatic carbocycles. The first-order valence-corrected chi connectivity index (χ1v) is 6.86. The van der Waals surface area contributed by atoms with Crippen molar-refractivity contribution in [3.8, 4) is 0 Å². The Morgan fingerprint density at radius 2 is 2.28 bits per heavy atom. The average molecular weight is 267 g/mol. The minimum atomic E-state index is 0.310. The highest BCUT2D eigenvalue weighted by Crippen LogP contribution is 2.11. The molecule has 1 saturated heterocycles. The molecule has 2 rings (SSSR count). The van der Waals surface area contributed by atoms with Crippen LogP contribution in [0.2, 0.25) is 5.02 Å². The van der Waals surface area contributed by atoms with E-state index < -0.39 is 0 Å². The molecule has 1 fully saturated rings. The molecule has 18 heavy (non-hydrogen) atoms. The van der Waals surface area contributed by atoms with Gasteiger partial charge in [0.25, 0.3) is 0 Å². The molecule has 1 aliphatic rings. The van der Waals surface area contributed by atoms with Gasteiger partial charge in [-0.3, -0.25) is 4.79 Å². The maximum atomic E-state index is 11.4. The van der Waals surface area contributed by atoms with Crippen molar-refractivity contribution >= 4 is 17.5 Å². The minimum Gasteiger partial charge on any atom is -0.343 e. The highest BCUT2D eigenvalue weighted by Gasteiger charge is 2.18. The molecule has 1 amide bonds. The summed E-state index contributed by atoms with van der Waals surface area (Å²) in [4.78, 5) is 13.3. The SMILES string of the molecule is O=C1CCCN1CCCNCc1cccc(Cl)c1. The van der Waals surface area contributed by atoms with Gasteiger partial charge in [-0.1, -0.05) is 23.7 Å². The van der Waals surface area contributed by atoms with E-state index in [0.29, 0.717) is 5.91 Å². The summed E-state index contributed by atoms with van der Waals surface area (Å²) in [6.45, 7) is 3.57. The van der Waals surface area contributed by atoms with Crippen LogP contribution in [0.5, 0.6) is 0 Å². The largest absolute Gasteiger partial charge is 0.343 e. The predicted molar refractivity (Wildman–Crippen MR) is 73.6 cm³/mol. The summed E-state index contributed by atoms with van der Waals surface area (Å²) in [5, 5.41) is 4.15. The van der Waals surface area contributed by atoms with Crippen molar-refractivity contribution in [2.45, 2.75) is 25.8 Å². The number of likely N-dealkylation sites (tertiary alicyclic amines) is 1. The van der Waals surface area contributed by atoms with Crippen LogP contribution in [-0.2, 0) is 11.3 Å². The Balaban J connectivity index is 1.60. The number of hydrogen-bond donors (Lipinski definition) is 1. The Morgan fingerprint density at radius 3 is 3.00 bits per heavy atom. The number of carbonyl (C=O) groups is 1. The van der Waals surface area contributed by atoms with Crippen LogP contribution in [0.15, 0.2) is 24.3 Å². The van der Waals surface area contributed by atoms with Gasteiger partial charge in [0.1, 0.15) is 0 Å². The highest BCUT2D eigenvalue weighted by molar-refractivity contribution is 6.30. The third kappa shape index (κ3) is 4.00. The van der Waals surface area contributed by atoms with Gasteiger partial charge < -0.3 is 10.2 Å². The van der Waals surface area contributed by atoms with Crippen molar-refractivity contribution in [2.24, 2.45) is 0 Å². The van der Waals surface area contributed by atoms with Crippen LogP contribution in [0, 0.1) is 0 Å². The van der Waals surface area contributed by atoms with Gasteiger partial charge in [-0.2, -0.15) is 0 Å². The van der Waals surface area contributed by atoms with Crippen LogP contribution in [0.3, 0.4) is 0 Å². The third-order valence-corrected chi connectivity index (χ3v) is 3.41. The smallest absolute Gasteiger partial charge is 0.222 e. The first-order valence-electron chi connectivity index (χ1n) is 6.48. The number of halogens is 1. The molecule has 1 aliphatic heterocycles. The normalized spacial score (nSPS) is 15.4. The van der Waals surface area contributed by atoms with Crippen LogP contribution >= 0.6 is 11.6 Å². The molecular formula is C14H19ClN2O. The fourth-order valence-electron chi connectivity index (χ4n) is 2.22. The fourth-order valence-corrected chi connectivity index (χ4v) is 2.43. The lowest BCUT2D eigenvalue weighted by atomic mass is 10.2. The number of carbonyl (C=O) groups excluding carboxylic acids is 1. The number of nitrogens with one attached hydrogen (secondary N) is 1. The summed E-state index contributed by atoms with van der Waals surface area (Å²) in [5.41, 5.74) is 1.19. The topological polar surface area (TPSA) is 32.3 Å². The lowest BCUT2D eigenvalue weighted by Gasteiger charge is -2.15. The quantitative estimate of drug-likeness (QED) is 0.802. The predicted octanol–water partition coefficient (Wildman–Crippen LogP) is 2.44. The molecule has 3 nitrogen and oxygen atoms in total. The van der Waals surface area contributed by atoms with Crippen molar-refractivity contribution < 1.29 is 4.79 Å². The second kappa shape index (κ2) is 6.76. The van der Waals surface area contributed by atoms with Crippen molar-refractivity contribution in [1.82, 2.24) is 10.2 Å². The fraction of sp³-hybridized carbons (Fsp3) is 0.500. The number of amides is 1. The Labute approximate surface area is 113 Å². The minimum absolute atomic E-state index is 0.310. The maximum absolute atomic E-state index is 11.4. The summed E-state index contributed by atoms with van der Waals surface area (Å²) in [5.74, 6) is 0.310. The number of nitrogens with zero attached hydrogens (tertiary/aromatic N) is 1. The van der Waals surface area contributed by atoms with E-state index in [1.165, 1.54) is 5.56 Å². The van der Waals surface area contributed by atoms with E-state index >= 15 is 0 Å². The van der Waals surface area contributed by atoms with Gasteiger partial charge >= 0.3 is 0 Å². The molecule has 0 aliphatic carbocycles. The Kier molecular flexibility index (Phi) is 5.02. The molecule has 0 aromatic heterocycles. The maximum Gasteiger partial charge on any atom is 0.222 e. The molecule has 0 atom stereocenters. The van der Waals surface area contributed by atoms with Crippen LogP contribution in [0.1, 0.15) is 24.8 Å². The van der Waals surface area contributed by atoms with Gasteiger partial charge in [-0.25, -0.2) is 0 Å². The first-order chi connectivity index (χ1) is 8.75. The van der Waals surface area contributed by atoms with Gasteiger partial charge in [0, 0.05) is 31.1 Å². The van der Waals surface area contributed by atoms with Gasteiger partial charge in [-0.05, 0) is 37.1 Å². The third-order valence-electron chi connectivity index (χ3n) is 3.17. The number of rotatable bonds is 6. The van der Waals surface area contributed by atoms with E-state index in [0.717, 1.165) is 50.5 Å². The lowest BCUT2D eigenvalue weighted by Crippen LogP contribution is -2.28. The first kappa shape index (κ1) is 13.4. The molecule has 4 heteroatoms. The molecule has 0 unspecified atom stereocenters. The number of benzene rings is 1. The molecule has 1 heterocycles. The van der Waals surface area contributed by atoms with Crippen LogP contribution in [0.4, 0.5) is 0 Å². The Bertz CT molecular complexity index is 409. The van der Waals surface area contributed by atoms with Crippen molar-refractivity contribution in [3.63, 3.8) is 0 Å². The van der Waals surface area contributed by atoms with Gasteiger partial charge in [0.15, 0.2) is 0 Å². The molecule has 1 aromatic rings. The van der Waals surface area contributed by atoms with E-state index in [-0.39, 0.29) is 0 Å². The standard InChI is InChI=1S/C14H19ClN2O/c15-13-5-1-4-12(10-13)11-16-7-3-9-17-8-2-6-14(17)18/h1,4-5,10,16H,2-3,6-9,11H2. The summed E-state index contributed by atoms with van der Waals surface area (Å²) in [6, 6.07) is 7.87. The van der Waals surface area contributed by atoms with Crippen molar-refractivity contribution in [1.29, 1.82) is 0 Å². The van der Waals surface area contributed by atoms with E-state index in [9.17, 15) is 4.79 Å². The highest BCUT2D eigenvalue weighted by atomic mass is 35.5. The van der Waals surface area contributed by atoms with Crippen LogP contribution in [-0.4, -0.2) is 30.4 Å². The van der Waals surface area contributed by atoms with Crippen molar-refractivity contribution in [2.75, 3.05) is 19.6 Å². The summed E-state index contributed by atoms with van der Waals surface area (Å²) in [6.07, 6.45) is 2.76. The van der Waals surface area contributed by atoms with Gasteiger partial charge in [0.2, 0.25) is 5.91 Å². The van der Waals surface area contributed by atoms with Crippen LogP contribution < -0.4 is 5.32 Å². The molecule has 0 bridgehead atoms. The second-order valence-electron chi connectivity index (χ2n) is 4.64.